The molecule has 2 aromatic heterocycles. The first kappa shape index (κ1) is 18.0. The summed E-state index contributed by atoms with van der Waals surface area (Å²) in [7, 11) is 0. The molecule has 0 atom stereocenters. The fourth-order valence-corrected chi connectivity index (χ4v) is 4.70. The molecule has 0 saturated heterocycles. The quantitative estimate of drug-likeness (QED) is 0.748. The first-order chi connectivity index (χ1) is 14.2. The van der Waals surface area contributed by atoms with E-state index in [1.165, 1.54) is 0 Å². The third-order valence-electron chi connectivity index (χ3n) is 6.25. The van der Waals surface area contributed by atoms with Crippen LogP contribution in [0, 0.1) is 0 Å². The Labute approximate surface area is 169 Å². The Hall–Kier alpha value is -3.02. The zero-order valence-electron chi connectivity index (χ0n) is 16.3. The summed E-state index contributed by atoms with van der Waals surface area (Å²) in [6, 6.07) is 11.7. The van der Waals surface area contributed by atoms with E-state index in [1.807, 2.05) is 30.3 Å². The van der Waals surface area contributed by atoms with E-state index in [4.69, 9.17) is 0 Å². The Balaban J connectivity index is 1.27. The van der Waals surface area contributed by atoms with E-state index in [-0.39, 0.29) is 23.6 Å². The second-order valence-electron chi connectivity index (χ2n) is 8.11. The van der Waals surface area contributed by atoms with Crippen molar-refractivity contribution in [2.75, 3.05) is 0 Å². The van der Waals surface area contributed by atoms with Gasteiger partial charge in [0.1, 0.15) is 5.69 Å². The summed E-state index contributed by atoms with van der Waals surface area (Å²) in [5.74, 6) is -0.127. The molecule has 0 spiro atoms. The Kier molecular flexibility index (Phi) is 4.62. The van der Waals surface area contributed by atoms with Crippen molar-refractivity contribution in [3.05, 3.63) is 69.9 Å². The Morgan fingerprint density at radius 3 is 2.76 bits per heavy atom. The van der Waals surface area contributed by atoms with Crippen LogP contribution in [0.5, 0.6) is 0 Å². The molecular formula is C23H24N4O2. The predicted molar refractivity (Wildman–Crippen MR) is 111 cm³/mol. The summed E-state index contributed by atoms with van der Waals surface area (Å²) in [4.78, 5) is 29.6. The molecule has 1 aromatic carbocycles. The monoisotopic (exact) mass is 388 g/mol. The van der Waals surface area contributed by atoms with Crippen molar-refractivity contribution < 1.29 is 4.79 Å². The summed E-state index contributed by atoms with van der Waals surface area (Å²) in [5, 5.41) is 9.68. The maximum Gasteiger partial charge on any atom is 0.270 e. The molecule has 0 aliphatic heterocycles. The van der Waals surface area contributed by atoms with Gasteiger partial charge in [0.25, 0.3) is 11.5 Å². The van der Waals surface area contributed by atoms with Crippen LogP contribution in [0.2, 0.25) is 0 Å². The second kappa shape index (κ2) is 7.43. The number of carbonyl (C=O) groups is 1. The van der Waals surface area contributed by atoms with Crippen molar-refractivity contribution in [1.82, 2.24) is 20.1 Å². The van der Waals surface area contributed by atoms with Gasteiger partial charge in [0.2, 0.25) is 0 Å². The van der Waals surface area contributed by atoms with Crippen molar-refractivity contribution >= 4 is 16.7 Å². The number of hydrogen-bond acceptors (Lipinski definition) is 4. The van der Waals surface area contributed by atoms with E-state index in [2.05, 4.69) is 15.4 Å². The minimum absolute atomic E-state index is 0.0121. The fourth-order valence-electron chi connectivity index (χ4n) is 4.70. The lowest BCUT2D eigenvalue weighted by Crippen LogP contribution is -2.40. The van der Waals surface area contributed by atoms with Crippen LogP contribution in [0.1, 0.15) is 59.9 Å². The largest absolute Gasteiger partial charge is 0.348 e. The first-order valence-electron chi connectivity index (χ1n) is 10.5. The highest BCUT2D eigenvalue weighted by Gasteiger charge is 2.27. The van der Waals surface area contributed by atoms with Gasteiger partial charge in [-0.2, -0.15) is 5.10 Å². The molecule has 1 saturated carbocycles. The standard InChI is InChI=1S/C23H24N4O2/c28-21-14-16-5-3-7-20(16)26-27(21)18-10-8-17(9-11-18)25-23(29)22-19-6-2-1-4-15(19)12-13-24-22/h1-2,4,6,12-14,17-18H,3,5,7-11H2,(H,25,29). The van der Waals surface area contributed by atoms with Crippen LogP contribution in [-0.4, -0.2) is 26.7 Å². The summed E-state index contributed by atoms with van der Waals surface area (Å²) in [6.45, 7) is 0. The summed E-state index contributed by atoms with van der Waals surface area (Å²) in [5.41, 5.74) is 2.69. The van der Waals surface area contributed by atoms with Crippen molar-refractivity contribution in [1.29, 1.82) is 0 Å². The number of aryl methyl sites for hydroxylation is 2. The Morgan fingerprint density at radius 2 is 1.90 bits per heavy atom. The topological polar surface area (TPSA) is 76.9 Å². The minimum Gasteiger partial charge on any atom is -0.348 e. The molecule has 2 aliphatic carbocycles. The Morgan fingerprint density at radius 1 is 1.07 bits per heavy atom. The average Bonchev–Trinajstić information content (AvgIpc) is 3.20. The van der Waals surface area contributed by atoms with Gasteiger partial charge in [0.15, 0.2) is 0 Å². The zero-order chi connectivity index (χ0) is 19.8. The summed E-state index contributed by atoms with van der Waals surface area (Å²) < 4.78 is 1.69. The molecule has 2 aliphatic rings. The van der Waals surface area contributed by atoms with E-state index in [9.17, 15) is 9.59 Å². The maximum atomic E-state index is 12.8. The number of hydrogen-bond donors (Lipinski definition) is 1. The minimum atomic E-state index is -0.127. The third kappa shape index (κ3) is 3.43. The van der Waals surface area contributed by atoms with Crippen molar-refractivity contribution in [3.63, 3.8) is 0 Å². The molecule has 1 fully saturated rings. The first-order valence-corrected chi connectivity index (χ1v) is 10.5. The van der Waals surface area contributed by atoms with Crippen molar-refractivity contribution in [3.8, 4) is 0 Å². The Bertz CT molecular complexity index is 1120. The van der Waals surface area contributed by atoms with E-state index in [0.29, 0.717) is 5.69 Å². The van der Waals surface area contributed by atoms with Gasteiger partial charge in [-0.3, -0.25) is 14.6 Å². The number of aromatic nitrogens is 3. The number of amides is 1. The van der Waals surface area contributed by atoms with Crippen LogP contribution < -0.4 is 10.9 Å². The van der Waals surface area contributed by atoms with Gasteiger partial charge in [-0.1, -0.05) is 24.3 Å². The number of rotatable bonds is 3. The van der Waals surface area contributed by atoms with Gasteiger partial charge in [0.05, 0.1) is 11.7 Å². The molecule has 6 heteroatoms. The molecule has 3 aromatic rings. The van der Waals surface area contributed by atoms with Gasteiger partial charge in [-0.05, 0) is 62.0 Å². The molecule has 6 nitrogen and oxygen atoms in total. The van der Waals surface area contributed by atoms with Gasteiger partial charge in [0, 0.05) is 23.7 Å². The summed E-state index contributed by atoms with van der Waals surface area (Å²) >= 11 is 0. The predicted octanol–water partition coefficient (Wildman–Crippen LogP) is 3.19. The number of fused-ring (bicyclic) bond motifs is 2. The third-order valence-corrected chi connectivity index (χ3v) is 6.25. The van der Waals surface area contributed by atoms with Crippen LogP contribution in [-0.2, 0) is 12.8 Å². The fraction of sp³-hybridized carbons (Fsp3) is 0.391. The number of nitrogens with zero attached hydrogens (tertiary/aromatic N) is 3. The lowest BCUT2D eigenvalue weighted by atomic mass is 9.91. The maximum absolute atomic E-state index is 12.8. The molecule has 148 valence electrons. The van der Waals surface area contributed by atoms with Crippen molar-refractivity contribution in [2.45, 2.75) is 57.0 Å². The van der Waals surface area contributed by atoms with Gasteiger partial charge < -0.3 is 5.32 Å². The van der Waals surface area contributed by atoms with Crippen molar-refractivity contribution in [2.24, 2.45) is 0 Å². The van der Waals surface area contributed by atoms with E-state index in [0.717, 1.165) is 67.0 Å². The molecule has 0 radical (unpaired) electrons. The van der Waals surface area contributed by atoms with Gasteiger partial charge in [-0.15, -0.1) is 0 Å². The molecule has 1 N–H and O–H groups in total. The van der Waals surface area contributed by atoms with E-state index < -0.39 is 0 Å². The second-order valence-corrected chi connectivity index (χ2v) is 8.11. The highest BCUT2D eigenvalue weighted by molar-refractivity contribution is 6.05. The molecule has 5 rings (SSSR count). The lowest BCUT2D eigenvalue weighted by Gasteiger charge is -2.29. The highest BCUT2D eigenvalue weighted by Crippen LogP contribution is 2.28. The van der Waals surface area contributed by atoms with Crippen LogP contribution in [0.4, 0.5) is 0 Å². The number of nitrogens with one attached hydrogen (secondary N) is 1. The normalized spacial score (nSPS) is 21.1. The number of carbonyl (C=O) groups excluding carboxylic acids is 1. The number of pyridine rings is 1. The smallest absolute Gasteiger partial charge is 0.270 e. The zero-order valence-corrected chi connectivity index (χ0v) is 16.3. The molecular weight excluding hydrogens is 364 g/mol. The molecule has 2 heterocycles. The van der Waals surface area contributed by atoms with Crippen LogP contribution in [0.3, 0.4) is 0 Å². The molecule has 0 bridgehead atoms. The number of benzene rings is 1. The van der Waals surface area contributed by atoms with E-state index >= 15 is 0 Å². The molecule has 1 amide bonds. The molecule has 0 unspecified atom stereocenters. The average molecular weight is 388 g/mol. The van der Waals surface area contributed by atoms with Crippen LogP contribution >= 0.6 is 0 Å². The lowest BCUT2D eigenvalue weighted by molar-refractivity contribution is 0.0918. The van der Waals surface area contributed by atoms with Gasteiger partial charge >= 0.3 is 0 Å². The molecule has 29 heavy (non-hydrogen) atoms. The van der Waals surface area contributed by atoms with Crippen LogP contribution in [0.15, 0.2) is 47.4 Å². The van der Waals surface area contributed by atoms with Crippen LogP contribution in [0.25, 0.3) is 10.8 Å². The SMILES string of the molecule is O=C(NC1CCC(n2nc3c(cc2=O)CCC3)CC1)c1nccc2ccccc12. The highest BCUT2D eigenvalue weighted by atomic mass is 16.2. The van der Waals surface area contributed by atoms with E-state index in [1.54, 1.807) is 16.9 Å². The summed E-state index contributed by atoms with van der Waals surface area (Å²) in [6.07, 6.45) is 8.09. The van der Waals surface area contributed by atoms with Gasteiger partial charge in [-0.25, -0.2) is 4.68 Å².